The smallest absolute Gasteiger partial charge is 0.183 e. The van der Waals surface area contributed by atoms with E-state index in [2.05, 4.69) is 38.8 Å². The van der Waals surface area contributed by atoms with E-state index in [0.717, 1.165) is 26.1 Å². The SMILES string of the molecule is Fc1ccc(C[n+]2cc(Br)cc(-c3nc4ccccc4s3)c2)cc1.[Br-]. The number of thiazole rings is 1. The molecule has 0 amide bonds. The molecule has 4 rings (SSSR count). The molecule has 0 radical (unpaired) electrons. The van der Waals surface area contributed by atoms with E-state index >= 15 is 0 Å². The second kappa shape index (κ2) is 7.72. The van der Waals surface area contributed by atoms with Crippen LogP contribution in [-0.2, 0) is 6.54 Å². The number of halogens is 3. The third-order valence-electron chi connectivity index (χ3n) is 3.71. The van der Waals surface area contributed by atoms with Crippen LogP contribution in [0.1, 0.15) is 5.56 Å². The van der Waals surface area contributed by atoms with Crippen molar-refractivity contribution in [3.8, 4) is 10.6 Å². The molecule has 2 aromatic heterocycles. The summed E-state index contributed by atoms with van der Waals surface area (Å²) in [6.45, 7) is 0.678. The van der Waals surface area contributed by atoms with Crippen LogP contribution in [0.15, 0.2) is 71.5 Å². The Balaban J connectivity index is 0.00000182. The fourth-order valence-corrected chi connectivity index (χ4v) is 4.06. The van der Waals surface area contributed by atoms with Crippen LogP contribution < -0.4 is 21.5 Å². The van der Waals surface area contributed by atoms with E-state index in [4.69, 9.17) is 4.98 Å². The highest BCUT2D eigenvalue weighted by molar-refractivity contribution is 9.10. The number of hydrogen-bond acceptors (Lipinski definition) is 2. The Kier molecular flexibility index (Phi) is 5.61. The fraction of sp³-hybridized carbons (Fsp3) is 0.0526. The molecule has 2 aromatic carbocycles. The van der Waals surface area contributed by atoms with E-state index in [1.807, 2.05) is 24.4 Å². The van der Waals surface area contributed by atoms with Gasteiger partial charge in [-0.1, -0.05) is 12.1 Å². The van der Waals surface area contributed by atoms with E-state index in [1.165, 1.54) is 16.8 Å². The maximum atomic E-state index is 13.1. The molecule has 0 N–H and O–H groups in total. The molecule has 0 spiro atoms. The maximum Gasteiger partial charge on any atom is 0.183 e. The molecule has 0 aliphatic carbocycles. The average Bonchev–Trinajstić information content (AvgIpc) is 3.01. The number of pyridine rings is 1. The van der Waals surface area contributed by atoms with Crippen molar-refractivity contribution in [1.82, 2.24) is 4.98 Å². The van der Waals surface area contributed by atoms with Gasteiger partial charge in [-0.25, -0.2) is 9.37 Å². The van der Waals surface area contributed by atoms with Gasteiger partial charge >= 0.3 is 0 Å². The van der Waals surface area contributed by atoms with Gasteiger partial charge in [0.1, 0.15) is 10.8 Å². The van der Waals surface area contributed by atoms with Gasteiger partial charge < -0.3 is 17.0 Å². The van der Waals surface area contributed by atoms with Crippen LogP contribution >= 0.6 is 27.3 Å². The summed E-state index contributed by atoms with van der Waals surface area (Å²) in [7, 11) is 0. The number of rotatable bonds is 3. The predicted molar refractivity (Wildman–Crippen MR) is 98.5 cm³/mol. The standard InChI is InChI=1S/C19H13BrFN2S.BrH/c20-15-9-14(19-22-17-3-1-2-4-18(17)24-19)11-23(12-15)10-13-5-7-16(21)8-6-13;/h1-9,11-12H,10H2;1H/q+1;/p-1. The molecule has 0 bridgehead atoms. The van der Waals surface area contributed by atoms with E-state index in [1.54, 1.807) is 23.5 Å². The summed E-state index contributed by atoms with van der Waals surface area (Å²) in [5, 5.41) is 0.991. The number of hydrogen-bond donors (Lipinski definition) is 0. The van der Waals surface area contributed by atoms with Crippen molar-refractivity contribution in [1.29, 1.82) is 0 Å². The summed E-state index contributed by atoms with van der Waals surface area (Å²) in [5.74, 6) is -0.215. The molecule has 2 heterocycles. The molecule has 0 fully saturated rings. The summed E-state index contributed by atoms with van der Waals surface area (Å²) < 4.78 is 17.3. The van der Waals surface area contributed by atoms with Crippen LogP contribution in [0.5, 0.6) is 0 Å². The van der Waals surface area contributed by atoms with Gasteiger partial charge in [-0.05, 0) is 58.4 Å². The number of benzene rings is 2. The first kappa shape index (κ1) is 18.2. The van der Waals surface area contributed by atoms with E-state index in [9.17, 15) is 4.39 Å². The lowest BCUT2D eigenvalue weighted by Gasteiger charge is -2.01. The molecule has 0 saturated heterocycles. The van der Waals surface area contributed by atoms with Crippen LogP contribution in [0.2, 0.25) is 0 Å². The molecule has 126 valence electrons. The Hall–Kier alpha value is -1.63. The third kappa shape index (κ3) is 4.14. The number of nitrogens with zero attached hydrogens (tertiary/aromatic N) is 2. The van der Waals surface area contributed by atoms with Crippen LogP contribution in [-0.4, -0.2) is 4.98 Å². The van der Waals surface area contributed by atoms with Crippen molar-refractivity contribution < 1.29 is 25.9 Å². The van der Waals surface area contributed by atoms with Crippen molar-refractivity contribution >= 4 is 37.5 Å². The first-order chi connectivity index (χ1) is 11.7. The summed E-state index contributed by atoms with van der Waals surface area (Å²) in [6.07, 6.45) is 4.09. The molecule has 0 unspecified atom stereocenters. The van der Waals surface area contributed by atoms with Gasteiger partial charge in [0.25, 0.3) is 0 Å². The lowest BCUT2D eigenvalue weighted by atomic mass is 10.2. The highest BCUT2D eigenvalue weighted by Crippen LogP contribution is 2.30. The zero-order valence-electron chi connectivity index (χ0n) is 13.0. The summed E-state index contributed by atoms with van der Waals surface area (Å²) in [6, 6.07) is 16.8. The van der Waals surface area contributed by atoms with E-state index in [-0.39, 0.29) is 22.8 Å². The summed E-state index contributed by atoms with van der Waals surface area (Å²) in [5.41, 5.74) is 3.13. The second-order valence-corrected chi connectivity index (χ2v) is 7.47. The average molecular weight is 480 g/mol. The zero-order valence-corrected chi connectivity index (χ0v) is 17.0. The Labute approximate surface area is 167 Å². The minimum atomic E-state index is -0.215. The number of fused-ring (bicyclic) bond motifs is 1. The van der Waals surface area contributed by atoms with E-state index in [0.29, 0.717) is 6.54 Å². The Morgan fingerprint density at radius 1 is 1.04 bits per heavy atom. The lowest BCUT2D eigenvalue weighted by Crippen LogP contribution is -3.00. The van der Waals surface area contributed by atoms with Crippen molar-refractivity contribution in [3.63, 3.8) is 0 Å². The Morgan fingerprint density at radius 2 is 1.80 bits per heavy atom. The quantitative estimate of drug-likeness (QED) is 0.412. The van der Waals surface area contributed by atoms with Gasteiger partial charge in [-0.2, -0.15) is 4.57 Å². The van der Waals surface area contributed by atoms with Crippen molar-refractivity contribution in [2.45, 2.75) is 6.54 Å². The van der Waals surface area contributed by atoms with Crippen molar-refractivity contribution in [3.05, 3.63) is 82.8 Å². The minimum absolute atomic E-state index is 0. The molecular weight excluding hydrogens is 467 g/mol. The molecule has 0 aliphatic heterocycles. The third-order valence-corrected chi connectivity index (χ3v) is 5.23. The van der Waals surface area contributed by atoms with E-state index < -0.39 is 0 Å². The second-order valence-electron chi connectivity index (χ2n) is 5.53. The highest BCUT2D eigenvalue weighted by atomic mass is 79.9. The number of aromatic nitrogens is 2. The molecule has 4 aromatic rings. The molecule has 0 atom stereocenters. The van der Waals surface area contributed by atoms with Crippen LogP contribution in [0.4, 0.5) is 4.39 Å². The van der Waals surface area contributed by atoms with Crippen LogP contribution in [0.3, 0.4) is 0 Å². The molecule has 6 heteroatoms. The first-order valence-electron chi connectivity index (χ1n) is 7.47. The van der Waals surface area contributed by atoms with Gasteiger partial charge in [0.15, 0.2) is 18.9 Å². The first-order valence-corrected chi connectivity index (χ1v) is 9.08. The molecule has 25 heavy (non-hydrogen) atoms. The van der Waals surface area contributed by atoms with Gasteiger partial charge in [0.05, 0.1) is 20.3 Å². The molecule has 0 saturated carbocycles. The van der Waals surface area contributed by atoms with Gasteiger partial charge in [0, 0.05) is 5.56 Å². The largest absolute Gasteiger partial charge is 1.00 e. The molecule has 2 nitrogen and oxygen atoms in total. The fourth-order valence-electron chi connectivity index (χ4n) is 2.60. The highest BCUT2D eigenvalue weighted by Gasteiger charge is 2.13. The predicted octanol–water partition coefficient (Wildman–Crippen LogP) is 2.20. The summed E-state index contributed by atoms with van der Waals surface area (Å²) in [4.78, 5) is 4.72. The van der Waals surface area contributed by atoms with Crippen molar-refractivity contribution in [2.75, 3.05) is 0 Å². The van der Waals surface area contributed by atoms with Crippen LogP contribution in [0.25, 0.3) is 20.8 Å². The Bertz CT molecular complexity index is 983. The van der Waals surface area contributed by atoms with Gasteiger partial charge in [0.2, 0.25) is 0 Å². The van der Waals surface area contributed by atoms with Crippen molar-refractivity contribution in [2.24, 2.45) is 0 Å². The monoisotopic (exact) mass is 478 g/mol. The molecular formula is C19H13Br2FN2S. The van der Waals surface area contributed by atoms with Gasteiger partial charge in [-0.15, -0.1) is 11.3 Å². The molecule has 0 aliphatic rings. The maximum absolute atomic E-state index is 13.1. The zero-order chi connectivity index (χ0) is 16.5. The summed E-state index contributed by atoms with van der Waals surface area (Å²) >= 11 is 5.26. The normalized spacial score (nSPS) is 10.6. The lowest BCUT2D eigenvalue weighted by molar-refractivity contribution is -0.688. The number of para-hydroxylation sites is 1. The Morgan fingerprint density at radius 3 is 2.56 bits per heavy atom. The van der Waals surface area contributed by atoms with Gasteiger partial charge in [-0.3, -0.25) is 0 Å². The minimum Gasteiger partial charge on any atom is -1.00 e. The van der Waals surface area contributed by atoms with Crippen LogP contribution in [0, 0.1) is 5.82 Å². The topological polar surface area (TPSA) is 16.8 Å².